The van der Waals surface area contributed by atoms with Gasteiger partial charge in [-0.1, -0.05) is 5.92 Å². The highest BCUT2D eigenvalue weighted by molar-refractivity contribution is 5.68. The molecule has 80 valence electrons. The number of aryl methyl sites for hydroxylation is 1. The number of furan rings is 1. The van der Waals surface area contributed by atoms with Crippen molar-refractivity contribution in [3.8, 4) is 29.4 Å². The van der Waals surface area contributed by atoms with Crippen LogP contribution < -0.4 is 4.74 Å². The van der Waals surface area contributed by atoms with Crippen LogP contribution in [0.4, 0.5) is 0 Å². The third kappa shape index (κ3) is 1.80. The summed E-state index contributed by atoms with van der Waals surface area (Å²) in [6.07, 6.45) is 5.47. The first kappa shape index (κ1) is 10.4. The van der Waals surface area contributed by atoms with Crippen molar-refractivity contribution in [3.05, 3.63) is 41.7 Å². The molecule has 0 bridgehead atoms. The number of hydrogen-bond acceptors (Lipinski definition) is 2. The molecular weight excluding hydrogens is 200 g/mol. The topological polar surface area (TPSA) is 22.4 Å². The largest absolute Gasteiger partial charge is 0.497 e. The van der Waals surface area contributed by atoms with E-state index in [0.717, 1.165) is 28.4 Å². The average Bonchev–Trinajstić information content (AvgIpc) is 2.74. The number of methoxy groups -OCH3 is 1. The predicted octanol–water partition coefficient (Wildman–Crippen LogP) is 3.24. The maximum atomic E-state index is 5.55. The Balaban J connectivity index is 2.53. The number of benzene rings is 1. The van der Waals surface area contributed by atoms with Crippen molar-refractivity contribution in [2.75, 3.05) is 7.11 Å². The number of rotatable bonds is 2. The van der Waals surface area contributed by atoms with Gasteiger partial charge in [0.15, 0.2) is 0 Å². The second-order valence-electron chi connectivity index (χ2n) is 3.47. The quantitative estimate of drug-likeness (QED) is 0.713. The molecule has 0 saturated carbocycles. The molecule has 0 spiro atoms. The molecule has 2 nitrogen and oxygen atoms in total. The van der Waals surface area contributed by atoms with E-state index in [9.17, 15) is 0 Å². The summed E-state index contributed by atoms with van der Waals surface area (Å²) in [6.45, 7) is 1.91. The van der Waals surface area contributed by atoms with Gasteiger partial charge in [0, 0.05) is 11.1 Å². The molecule has 1 aromatic carbocycles. The van der Waals surface area contributed by atoms with Gasteiger partial charge < -0.3 is 9.15 Å². The molecule has 2 rings (SSSR count). The molecular formula is C14H12O2. The zero-order chi connectivity index (χ0) is 11.5. The van der Waals surface area contributed by atoms with E-state index in [1.165, 1.54) is 0 Å². The highest BCUT2D eigenvalue weighted by Gasteiger charge is 2.08. The lowest BCUT2D eigenvalue weighted by Gasteiger charge is -2.04. The lowest BCUT2D eigenvalue weighted by atomic mass is 10.1. The minimum atomic E-state index is 0.750. The standard InChI is InChI=1S/C14H12O2/c1-4-11-9-12(15-3)6-7-13(11)14-8-5-10(2)16-14/h1,5-9H,2-3H3. The summed E-state index contributed by atoms with van der Waals surface area (Å²) in [6, 6.07) is 9.44. The van der Waals surface area contributed by atoms with Crippen molar-refractivity contribution in [2.24, 2.45) is 0 Å². The van der Waals surface area contributed by atoms with Crippen molar-refractivity contribution in [3.63, 3.8) is 0 Å². The van der Waals surface area contributed by atoms with Gasteiger partial charge in [0.2, 0.25) is 0 Å². The predicted molar refractivity (Wildman–Crippen MR) is 63.4 cm³/mol. The molecule has 2 aromatic rings. The van der Waals surface area contributed by atoms with Gasteiger partial charge in [-0.05, 0) is 37.3 Å². The van der Waals surface area contributed by atoms with Crippen LogP contribution in [-0.2, 0) is 0 Å². The third-order valence-electron chi connectivity index (χ3n) is 2.39. The lowest BCUT2D eigenvalue weighted by Crippen LogP contribution is -1.87. The summed E-state index contributed by atoms with van der Waals surface area (Å²) >= 11 is 0. The molecule has 1 aromatic heterocycles. The molecule has 16 heavy (non-hydrogen) atoms. The minimum Gasteiger partial charge on any atom is -0.497 e. The van der Waals surface area contributed by atoms with Crippen LogP contribution in [0, 0.1) is 19.3 Å². The van der Waals surface area contributed by atoms with Gasteiger partial charge in [-0.15, -0.1) is 6.42 Å². The normalized spacial score (nSPS) is 9.81. The minimum absolute atomic E-state index is 0.750. The molecule has 0 unspecified atom stereocenters. The number of terminal acetylenes is 1. The van der Waals surface area contributed by atoms with Gasteiger partial charge in [0.1, 0.15) is 17.3 Å². The third-order valence-corrected chi connectivity index (χ3v) is 2.39. The zero-order valence-corrected chi connectivity index (χ0v) is 9.28. The molecule has 0 radical (unpaired) electrons. The Bertz CT molecular complexity index is 544. The molecule has 0 aliphatic heterocycles. The Morgan fingerprint density at radius 1 is 1.25 bits per heavy atom. The van der Waals surface area contributed by atoms with Crippen LogP contribution >= 0.6 is 0 Å². The Labute approximate surface area is 94.9 Å². The SMILES string of the molecule is C#Cc1cc(OC)ccc1-c1ccc(C)o1. The summed E-state index contributed by atoms with van der Waals surface area (Å²) < 4.78 is 10.7. The van der Waals surface area contributed by atoms with E-state index < -0.39 is 0 Å². The van der Waals surface area contributed by atoms with Gasteiger partial charge in [-0.3, -0.25) is 0 Å². The smallest absolute Gasteiger partial charge is 0.135 e. The maximum absolute atomic E-state index is 5.55. The fraction of sp³-hybridized carbons (Fsp3) is 0.143. The van der Waals surface area contributed by atoms with Crippen molar-refractivity contribution >= 4 is 0 Å². The highest BCUT2D eigenvalue weighted by atomic mass is 16.5. The first-order valence-corrected chi connectivity index (χ1v) is 4.96. The fourth-order valence-corrected chi connectivity index (χ4v) is 1.56. The van der Waals surface area contributed by atoms with Crippen LogP contribution in [-0.4, -0.2) is 7.11 Å². The summed E-state index contributed by atoms with van der Waals surface area (Å²) in [5.41, 5.74) is 1.69. The number of hydrogen-bond donors (Lipinski definition) is 0. The Morgan fingerprint density at radius 2 is 2.06 bits per heavy atom. The van der Waals surface area contributed by atoms with Crippen LogP contribution in [0.2, 0.25) is 0 Å². The Kier molecular flexibility index (Phi) is 2.70. The van der Waals surface area contributed by atoms with E-state index in [4.69, 9.17) is 15.6 Å². The highest BCUT2D eigenvalue weighted by Crippen LogP contribution is 2.28. The van der Waals surface area contributed by atoms with Gasteiger partial charge in [-0.25, -0.2) is 0 Å². The van der Waals surface area contributed by atoms with E-state index in [0.29, 0.717) is 0 Å². The van der Waals surface area contributed by atoms with Crippen molar-refractivity contribution in [1.82, 2.24) is 0 Å². The summed E-state index contributed by atoms with van der Waals surface area (Å²) in [5.74, 6) is 5.04. The summed E-state index contributed by atoms with van der Waals surface area (Å²) in [7, 11) is 1.62. The fourth-order valence-electron chi connectivity index (χ4n) is 1.56. The molecule has 0 fully saturated rings. The second-order valence-corrected chi connectivity index (χ2v) is 3.47. The summed E-state index contributed by atoms with van der Waals surface area (Å²) in [4.78, 5) is 0. The summed E-state index contributed by atoms with van der Waals surface area (Å²) in [5, 5.41) is 0. The van der Waals surface area contributed by atoms with Gasteiger partial charge in [-0.2, -0.15) is 0 Å². The van der Waals surface area contributed by atoms with Crippen LogP contribution in [0.25, 0.3) is 11.3 Å². The average molecular weight is 212 g/mol. The first-order valence-electron chi connectivity index (χ1n) is 4.96. The van der Waals surface area contributed by atoms with Crippen molar-refractivity contribution in [2.45, 2.75) is 6.92 Å². The van der Waals surface area contributed by atoms with Crippen LogP contribution in [0.5, 0.6) is 5.75 Å². The second kappa shape index (κ2) is 4.16. The van der Waals surface area contributed by atoms with Crippen molar-refractivity contribution in [1.29, 1.82) is 0 Å². The zero-order valence-electron chi connectivity index (χ0n) is 9.28. The van der Waals surface area contributed by atoms with E-state index in [1.54, 1.807) is 7.11 Å². The van der Waals surface area contributed by atoms with E-state index in [-0.39, 0.29) is 0 Å². The Hall–Kier alpha value is -2.14. The van der Waals surface area contributed by atoms with Crippen molar-refractivity contribution < 1.29 is 9.15 Å². The molecule has 0 atom stereocenters. The molecule has 2 heteroatoms. The van der Waals surface area contributed by atoms with Gasteiger partial charge in [0.05, 0.1) is 7.11 Å². The lowest BCUT2D eigenvalue weighted by molar-refractivity contribution is 0.414. The number of ether oxygens (including phenoxy) is 1. The Morgan fingerprint density at radius 3 is 2.62 bits per heavy atom. The molecule has 0 aliphatic carbocycles. The monoisotopic (exact) mass is 212 g/mol. The molecule has 0 N–H and O–H groups in total. The first-order chi connectivity index (χ1) is 7.74. The van der Waals surface area contributed by atoms with Gasteiger partial charge >= 0.3 is 0 Å². The van der Waals surface area contributed by atoms with Crippen LogP contribution in [0.1, 0.15) is 11.3 Å². The van der Waals surface area contributed by atoms with E-state index in [1.807, 2.05) is 37.3 Å². The van der Waals surface area contributed by atoms with Crippen LogP contribution in [0.3, 0.4) is 0 Å². The van der Waals surface area contributed by atoms with Crippen LogP contribution in [0.15, 0.2) is 34.7 Å². The molecule has 0 saturated heterocycles. The molecule has 1 heterocycles. The maximum Gasteiger partial charge on any atom is 0.135 e. The van der Waals surface area contributed by atoms with Gasteiger partial charge in [0.25, 0.3) is 0 Å². The van der Waals surface area contributed by atoms with E-state index in [2.05, 4.69) is 5.92 Å². The molecule has 0 amide bonds. The molecule has 0 aliphatic rings. The van der Waals surface area contributed by atoms with E-state index >= 15 is 0 Å².